The molecule has 0 aliphatic carbocycles. The van der Waals surface area contributed by atoms with E-state index in [1.54, 1.807) is 13.1 Å². The molecule has 1 saturated heterocycles. The molecule has 0 bridgehead atoms. The van der Waals surface area contributed by atoms with Crippen LogP contribution in [0.15, 0.2) is 24.5 Å². The summed E-state index contributed by atoms with van der Waals surface area (Å²) >= 11 is 0. The molecule has 0 amide bonds. The number of nitrogens with zero attached hydrogens (tertiary/aromatic N) is 7. The smallest absolute Gasteiger partial charge is 0.250 e. The zero-order valence-corrected chi connectivity index (χ0v) is 21.3. The monoisotopic (exact) mass is 517 g/mol. The second kappa shape index (κ2) is 10.2. The number of methoxy groups -OCH3 is 1. The van der Waals surface area contributed by atoms with E-state index in [4.69, 9.17) is 10.5 Å². The van der Waals surface area contributed by atoms with Gasteiger partial charge in [-0.15, -0.1) is 0 Å². The van der Waals surface area contributed by atoms with Crippen molar-refractivity contribution in [3.63, 3.8) is 0 Å². The van der Waals surface area contributed by atoms with Gasteiger partial charge in [0.1, 0.15) is 11.6 Å². The first-order valence-electron chi connectivity index (χ1n) is 11.2. The van der Waals surface area contributed by atoms with Crippen LogP contribution in [0, 0.1) is 12.7 Å². The number of anilines is 3. The molecular weight excluding hydrogens is 489 g/mol. The van der Waals surface area contributed by atoms with Gasteiger partial charge in [0.05, 0.1) is 30.8 Å². The number of nitrogens with one attached hydrogen (secondary N) is 1. The van der Waals surface area contributed by atoms with Gasteiger partial charge in [0, 0.05) is 44.5 Å². The maximum atomic E-state index is 14.2. The van der Waals surface area contributed by atoms with Crippen LogP contribution in [0.4, 0.5) is 21.8 Å². The lowest BCUT2D eigenvalue weighted by molar-refractivity contribution is 0.122. The van der Waals surface area contributed by atoms with E-state index in [1.165, 1.54) is 29.9 Å². The Labute approximate surface area is 208 Å². The molecule has 0 saturated carbocycles. The number of aromatic nitrogens is 5. The Hall–Kier alpha value is -3.49. The molecule has 1 fully saturated rings. The second-order valence-electron chi connectivity index (χ2n) is 8.58. The molecule has 4 heterocycles. The minimum Gasteiger partial charge on any atom is -0.479 e. The van der Waals surface area contributed by atoms with Crippen molar-refractivity contribution in [1.82, 2.24) is 34.1 Å². The normalized spacial score (nSPS) is 17.2. The predicted molar refractivity (Wildman–Crippen MR) is 133 cm³/mol. The quantitative estimate of drug-likeness (QED) is 0.470. The fourth-order valence-electron chi connectivity index (χ4n) is 4.00. The minimum atomic E-state index is -3.24. The Bertz CT molecular complexity index is 1350. The Balaban J connectivity index is 1.65. The molecule has 0 unspecified atom stereocenters. The number of rotatable bonds is 7. The number of hydrogen-bond acceptors (Lipinski definition) is 11. The molecule has 1 atom stereocenters. The highest BCUT2D eigenvalue weighted by Gasteiger charge is 2.29. The van der Waals surface area contributed by atoms with E-state index in [1.807, 2.05) is 13.0 Å². The van der Waals surface area contributed by atoms with Crippen molar-refractivity contribution in [3.05, 3.63) is 41.7 Å². The number of piperazine rings is 1. The summed E-state index contributed by atoms with van der Waals surface area (Å²) in [5, 5.41) is 3.07. The fraction of sp³-hybridized carbons (Fsp3) is 0.409. The molecule has 3 aromatic heterocycles. The van der Waals surface area contributed by atoms with E-state index in [0.29, 0.717) is 54.9 Å². The maximum Gasteiger partial charge on any atom is 0.250 e. The van der Waals surface area contributed by atoms with Crippen molar-refractivity contribution < 1.29 is 17.5 Å². The van der Waals surface area contributed by atoms with E-state index in [-0.39, 0.29) is 17.9 Å². The van der Waals surface area contributed by atoms with Crippen LogP contribution in [0.5, 0.6) is 5.88 Å². The Kier molecular flexibility index (Phi) is 7.28. The average molecular weight is 518 g/mol. The Morgan fingerprint density at radius 2 is 1.97 bits per heavy atom. The van der Waals surface area contributed by atoms with E-state index in [9.17, 15) is 12.8 Å². The van der Waals surface area contributed by atoms with E-state index < -0.39 is 15.8 Å². The molecule has 36 heavy (non-hydrogen) atoms. The van der Waals surface area contributed by atoms with Gasteiger partial charge in [0.15, 0.2) is 11.6 Å². The zero-order valence-electron chi connectivity index (χ0n) is 20.4. The van der Waals surface area contributed by atoms with Gasteiger partial charge >= 0.3 is 0 Å². The molecule has 1 aliphatic rings. The van der Waals surface area contributed by atoms with E-state index in [0.717, 1.165) is 5.56 Å². The summed E-state index contributed by atoms with van der Waals surface area (Å²) in [5.41, 5.74) is 7.64. The molecule has 0 spiro atoms. The van der Waals surface area contributed by atoms with Gasteiger partial charge in [-0.25, -0.2) is 27.8 Å². The van der Waals surface area contributed by atoms with Crippen molar-refractivity contribution in [2.24, 2.45) is 0 Å². The number of ether oxygens (including phenoxy) is 1. The van der Waals surface area contributed by atoms with Crippen molar-refractivity contribution in [2.45, 2.75) is 26.4 Å². The molecule has 1 aliphatic heterocycles. The predicted octanol–water partition coefficient (Wildman–Crippen LogP) is 1.58. The number of halogens is 1. The zero-order chi connectivity index (χ0) is 26.0. The number of pyridine rings is 2. The van der Waals surface area contributed by atoms with Gasteiger partial charge in [-0.3, -0.25) is 4.90 Å². The van der Waals surface area contributed by atoms with Crippen LogP contribution < -0.4 is 15.8 Å². The van der Waals surface area contributed by atoms with Crippen molar-refractivity contribution in [1.29, 1.82) is 0 Å². The lowest BCUT2D eigenvalue weighted by Gasteiger charge is -2.38. The molecule has 3 N–H and O–H groups in total. The number of nitrogen functional groups attached to an aromatic ring is 1. The highest BCUT2D eigenvalue weighted by Crippen LogP contribution is 2.29. The molecule has 3 aromatic rings. The minimum absolute atomic E-state index is 0.0122. The highest BCUT2D eigenvalue weighted by molar-refractivity contribution is 7.88. The van der Waals surface area contributed by atoms with Crippen molar-refractivity contribution in [2.75, 3.05) is 44.1 Å². The molecule has 0 radical (unpaired) electrons. The van der Waals surface area contributed by atoms with Gasteiger partial charge in [0.25, 0.3) is 0 Å². The third-order valence-electron chi connectivity index (χ3n) is 5.80. The first kappa shape index (κ1) is 25.6. The summed E-state index contributed by atoms with van der Waals surface area (Å²) in [7, 11) is -1.90. The topological polar surface area (TPSA) is 152 Å². The number of sulfonamides is 1. The summed E-state index contributed by atoms with van der Waals surface area (Å²) in [6.07, 6.45) is 4.35. The Morgan fingerprint density at radius 3 is 2.61 bits per heavy atom. The van der Waals surface area contributed by atoms with Gasteiger partial charge < -0.3 is 15.8 Å². The van der Waals surface area contributed by atoms with Crippen molar-refractivity contribution in [3.8, 4) is 17.3 Å². The summed E-state index contributed by atoms with van der Waals surface area (Å²) in [4.78, 5) is 23.4. The first-order chi connectivity index (χ1) is 17.0. The van der Waals surface area contributed by atoms with Crippen LogP contribution >= 0.6 is 0 Å². The van der Waals surface area contributed by atoms with Gasteiger partial charge in [-0.2, -0.15) is 14.3 Å². The molecule has 4 rings (SSSR count). The third-order valence-corrected chi connectivity index (χ3v) is 7.07. The van der Waals surface area contributed by atoms with Crippen molar-refractivity contribution >= 4 is 27.5 Å². The summed E-state index contributed by atoms with van der Waals surface area (Å²) < 4.78 is 44.4. The fourth-order valence-corrected chi connectivity index (χ4v) is 4.90. The number of hydrogen-bond donors (Lipinski definition) is 2. The summed E-state index contributed by atoms with van der Waals surface area (Å²) in [5.74, 6) is 0.463. The number of nitrogens with two attached hydrogens (primary N) is 1. The molecule has 12 nitrogen and oxygen atoms in total. The molecule has 14 heteroatoms. The van der Waals surface area contributed by atoms with E-state index >= 15 is 0 Å². The van der Waals surface area contributed by atoms with Crippen LogP contribution in [0.1, 0.15) is 18.3 Å². The van der Waals surface area contributed by atoms with Crippen LogP contribution in [0.2, 0.25) is 0 Å². The van der Waals surface area contributed by atoms with Crippen LogP contribution in [-0.2, 0) is 16.6 Å². The summed E-state index contributed by atoms with van der Waals surface area (Å²) in [6.45, 7) is 5.65. The highest BCUT2D eigenvalue weighted by atomic mass is 32.2. The average Bonchev–Trinajstić information content (AvgIpc) is 2.80. The molecular formula is C22H28FN9O3S. The summed E-state index contributed by atoms with van der Waals surface area (Å²) in [6, 6.07) is 3.14. The lowest BCUT2D eigenvalue weighted by atomic mass is 10.1. The maximum absolute atomic E-state index is 14.2. The standard InChI is InChI=1S/C22H28FN9O3S/c1-13-11-32(36(4,33)34)6-5-31(13)12-15-7-17(20-27-14(2)28-22(24)30-20)19(25-9-15)29-16-8-18(23)21(35-3)26-10-16/h7-10,13H,5-6,11-12H2,1-4H3,(H,25,29)(H2,24,27,28,30)/t13-/m1/s1. The Morgan fingerprint density at radius 1 is 1.19 bits per heavy atom. The largest absolute Gasteiger partial charge is 0.479 e. The van der Waals surface area contributed by atoms with E-state index in [2.05, 4.69) is 35.1 Å². The first-order valence-corrected chi connectivity index (χ1v) is 13.0. The van der Waals surface area contributed by atoms with Gasteiger partial charge in [0.2, 0.25) is 21.9 Å². The second-order valence-corrected chi connectivity index (χ2v) is 10.6. The number of aryl methyl sites for hydroxylation is 1. The SMILES string of the molecule is COc1ncc(Nc2ncc(CN3CCN(S(C)(=O)=O)C[C@H]3C)cc2-c2nc(C)nc(N)n2)cc1F. The lowest BCUT2D eigenvalue weighted by Crippen LogP contribution is -2.52. The van der Waals surface area contributed by atoms with Gasteiger partial charge in [-0.05, 0) is 25.5 Å². The van der Waals surface area contributed by atoms with Gasteiger partial charge in [-0.1, -0.05) is 0 Å². The third kappa shape index (κ3) is 5.83. The van der Waals surface area contributed by atoms with Crippen LogP contribution in [0.25, 0.3) is 11.4 Å². The molecule has 192 valence electrons. The van der Waals surface area contributed by atoms with Crippen LogP contribution in [0.3, 0.4) is 0 Å². The molecule has 0 aromatic carbocycles. The van der Waals surface area contributed by atoms with Crippen LogP contribution in [-0.4, -0.2) is 81.6 Å².